The van der Waals surface area contributed by atoms with E-state index >= 15 is 0 Å². The van der Waals surface area contributed by atoms with Gasteiger partial charge in [0.2, 0.25) is 11.8 Å². The summed E-state index contributed by atoms with van der Waals surface area (Å²) in [6.45, 7) is 2.41. The molecular formula is C29H34N4O5. The largest absolute Gasteiger partial charge is 0.480 e. The predicted molar refractivity (Wildman–Crippen MR) is 143 cm³/mol. The third-order valence-corrected chi connectivity index (χ3v) is 7.47. The Morgan fingerprint density at radius 1 is 1.03 bits per heavy atom. The first-order valence-corrected chi connectivity index (χ1v) is 13.0. The summed E-state index contributed by atoms with van der Waals surface area (Å²) in [6.07, 6.45) is 5.76. The number of hydrogen-bond acceptors (Lipinski definition) is 5. The van der Waals surface area contributed by atoms with Gasteiger partial charge in [-0.15, -0.1) is 0 Å². The van der Waals surface area contributed by atoms with Crippen molar-refractivity contribution in [1.82, 2.24) is 15.5 Å². The lowest BCUT2D eigenvalue weighted by Crippen LogP contribution is -2.56. The van der Waals surface area contributed by atoms with Crippen LogP contribution in [0.5, 0.6) is 0 Å². The maximum Gasteiger partial charge on any atom is 0.324 e. The summed E-state index contributed by atoms with van der Waals surface area (Å²) in [4.78, 5) is 52.1. The van der Waals surface area contributed by atoms with Crippen LogP contribution in [0.1, 0.15) is 55.3 Å². The first kappa shape index (κ1) is 27.1. The lowest BCUT2D eigenvalue weighted by molar-refractivity contribution is -0.151. The molecule has 200 valence electrons. The molecule has 0 saturated carbocycles. The van der Waals surface area contributed by atoms with Crippen LogP contribution in [0.2, 0.25) is 0 Å². The molecule has 9 nitrogen and oxygen atoms in total. The summed E-state index contributed by atoms with van der Waals surface area (Å²) < 4.78 is 0. The fraction of sp³-hybridized carbons (Fsp3) is 0.379. The Morgan fingerprint density at radius 3 is 2.29 bits per heavy atom. The fourth-order valence-electron chi connectivity index (χ4n) is 5.57. The molecule has 2 aliphatic heterocycles. The van der Waals surface area contributed by atoms with E-state index in [0.717, 1.165) is 23.1 Å². The van der Waals surface area contributed by atoms with E-state index in [4.69, 9.17) is 5.73 Å². The van der Waals surface area contributed by atoms with Crippen molar-refractivity contribution >= 4 is 36.0 Å². The van der Waals surface area contributed by atoms with Gasteiger partial charge >= 0.3 is 12.0 Å². The van der Waals surface area contributed by atoms with E-state index in [2.05, 4.69) is 10.6 Å². The van der Waals surface area contributed by atoms with Crippen molar-refractivity contribution in [3.63, 3.8) is 0 Å². The number of benzene rings is 2. The summed E-state index contributed by atoms with van der Waals surface area (Å²) in [7, 11) is 0. The van der Waals surface area contributed by atoms with E-state index in [9.17, 15) is 24.3 Å². The number of imide groups is 1. The van der Waals surface area contributed by atoms with Crippen molar-refractivity contribution in [3.8, 4) is 0 Å². The van der Waals surface area contributed by atoms with Crippen molar-refractivity contribution < 1.29 is 24.3 Å². The molecule has 4 amide bonds. The Morgan fingerprint density at radius 2 is 1.68 bits per heavy atom. The van der Waals surface area contributed by atoms with Crippen LogP contribution < -0.4 is 16.4 Å². The molecule has 4 atom stereocenters. The van der Waals surface area contributed by atoms with Crippen LogP contribution in [0.4, 0.5) is 4.79 Å². The van der Waals surface area contributed by atoms with Crippen molar-refractivity contribution in [2.24, 2.45) is 17.6 Å². The molecule has 0 aromatic heterocycles. The number of aliphatic carboxylic acids is 1. The van der Waals surface area contributed by atoms with E-state index in [-0.39, 0.29) is 31.8 Å². The van der Waals surface area contributed by atoms with E-state index in [0.29, 0.717) is 6.42 Å². The lowest BCUT2D eigenvalue weighted by Gasteiger charge is -2.31. The molecule has 4 unspecified atom stereocenters. The fourth-order valence-corrected chi connectivity index (χ4v) is 5.57. The summed E-state index contributed by atoms with van der Waals surface area (Å²) in [5.74, 6) is -3.84. The van der Waals surface area contributed by atoms with E-state index in [1.54, 1.807) is 0 Å². The minimum atomic E-state index is -1.64. The van der Waals surface area contributed by atoms with Gasteiger partial charge < -0.3 is 16.2 Å². The Labute approximate surface area is 222 Å². The summed E-state index contributed by atoms with van der Waals surface area (Å²) in [6, 6.07) is 16.1. The first-order valence-electron chi connectivity index (χ1n) is 13.0. The monoisotopic (exact) mass is 518 g/mol. The second-order valence-corrected chi connectivity index (χ2v) is 9.89. The smallest absolute Gasteiger partial charge is 0.324 e. The zero-order chi connectivity index (χ0) is 27.3. The van der Waals surface area contributed by atoms with Crippen molar-refractivity contribution in [1.29, 1.82) is 0 Å². The molecule has 0 bridgehead atoms. The van der Waals surface area contributed by atoms with Gasteiger partial charge in [-0.05, 0) is 36.0 Å². The standard InChI is InChI=1S/C29H34N4O5/c1-2-3-18-33-25(34)22-23(26(33)35)29(27(36)37,16-7-17-31-28(30)38)32-24(22)21-14-12-20(13-15-21)11-10-19-8-5-4-6-9-19/h4-6,8-15,22-24,32H,2-3,7,16-18H2,1H3,(H,36,37)(H3,30,31,38)/b11-10+. The average Bonchev–Trinajstić information content (AvgIpc) is 3.39. The Bertz CT molecular complexity index is 1210. The third kappa shape index (κ3) is 5.33. The molecule has 2 saturated heterocycles. The number of nitrogens with one attached hydrogen (secondary N) is 2. The second-order valence-electron chi connectivity index (χ2n) is 9.89. The quantitative estimate of drug-likeness (QED) is 0.205. The number of rotatable bonds is 11. The first-order chi connectivity index (χ1) is 18.3. The molecule has 2 aromatic carbocycles. The zero-order valence-corrected chi connectivity index (χ0v) is 21.4. The van der Waals surface area contributed by atoms with Gasteiger partial charge in [0.05, 0.1) is 11.8 Å². The minimum Gasteiger partial charge on any atom is -0.480 e. The third-order valence-electron chi connectivity index (χ3n) is 7.47. The Kier molecular flexibility index (Phi) is 8.26. The van der Waals surface area contributed by atoms with Crippen molar-refractivity contribution in [2.75, 3.05) is 13.1 Å². The van der Waals surface area contributed by atoms with Crippen LogP contribution in [0.25, 0.3) is 12.2 Å². The van der Waals surface area contributed by atoms with Gasteiger partial charge in [0.15, 0.2) is 0 Å². The normalized spacial score (nSPS) is 24.7. The van der Waals surface area contributed by atoms with Crippen LogP contribution in [0.15, 0.2) is 54.6 Å². The van der Waals surface area contributed by atoms with Gasteiger partial charge in [0, 0.05) is 19.1 Å². The molecule has 9 heteroatoms. The minimum absolute atomic E-state index is 0.0544. The van der Waals surface area contributed by atoms with Gasteiger partial charge in [0.1, 0.15) is 5.54 Å². The average molecular weight is 519 g/mol. The number of urea groups is 1. The summed E-state index contributed by atoms with van der Waals surface area (Å²) in [5, 5.41) is 16.1. The van der Waals surface area contributed by atoms with Crippen molar-refractivity contribution in [2.45, 2.75) is 44.2 Å². The molecule has 2 heterocycles. The molecule has 0 aliphatic carbocycles. The van der Waals surface area contributed by atoms with Crippen LogP contribution >= 0.6 is 0 Å². The number of carbonyl (C=O) groups is 4. The Balaban J connectivity index is 1.64. The molecule has 0 spiro atoms. The molecule has 2 aliphatic rings. The van der Waals surface area contributed by atoms with E-state index < -0.39 is 41.3 Å². The van der Waals surface area contributed by atoms with E-state index in [1.165, 1.54) is 4.90 Å². The van der Waals surface area contributed by atoms with Gasteiger partial charge in [-0.1, -0.05) is 80.1 Å². The SMILES string of the molecule is CCCCN1C(=O)C2C(c3ccc(/C=C/c4ccccc4)cc3)NC(CCCNC(N)=O)(C(=O)O)C2C1=O. The van der Waals surface area contributed by atoms with Gasteiger partial charge in [-0.25, -0.2) is 4.79 Å². The predicted octanol–water partition coefficient (Wildman–Crippen LogP) is 3.17. The lowest BCUT2D eigenvalue weighted by atomic mass is 9.77. The second kappa shape index (κ2) is 11.6. The number of nitrogens with zero attached hydrogens (tertiary/aromatic N) is 1. The maximum absolute atomic E-state index is 13.5. The maximum atomic E-state index is 13.5. The number of likely N-dealkylation sites (tertiary alicyclic amines) is 1. The number of unbranched alkanes of at least 4 members (excludes halogenated alkanes) is 1. The molecule has 2 aromatic rings. The highest BCUT2D eigenvalue weighted by Crippen LogP contribution is 2.50. The summed E-state index contributed by atoms with van der Waals surface area (Å²) >= 11 is 0. The zero-order valence-electron chi connectivity index (χ0n) is 21.4. The number of nitrogens with two attached hydrogens (primary N) is 1. The highest BCUT2D eigenvalue weighted by atomic mass is 16.4. The van der Waals surface area contributed by atoms with Crippen LogP contribution in [-0.2, 0) is 14.4 Å². The highest BCUT2D eigenvalue weighted by Gasteiger charge is 2.67. The summed E-state index contributed by atoms with van der Waals surface area (Å²) in [5.41, 5.74) is 6.26. The molecular weight excluding hydrogens is 484 g/mol. The number of fused-ring (bicyclic) bond motifs is 1. The number of carboxylic acids is 1. The van der Waals surface area contributed by atoms with Crippen LogP contribution in [0.3, 0.4) is 0 Å². The van der Waals surface area contributed by atoms with Gasteiger partial charge in [-0.3, -0.25) is 24.6 Å². The number of amides is 4. The molecule has 2 fully saturated rings. The molecule has 0 radical (unpaired) electrons. The number of carbonyl (C=O) groups excluding carboxylic acids is 3. The number of hydrogen-bond donors (Lipinski definition) is 4. The molecule has 5 N–H and O–H groups in total. The number of carboxylic acid groups (broad SMARTS) is 1. The Hall–Kier alpha value is -3.98. The van der Waals surface area contributed by atoms with Gasteiger partial charge in [-0.2, -0.15) is 0 Å². The molecule has 4 rings (SSSR count). The van der Waals surface area contributed by atoms with Crippen LogP contribution in [-0.4, -0.2) is 52.4 Å². The topological polar surface area (TPSA) is 142 Å². The molecule has 38 heavy (non-hydrogen) atoms. The highest BCUT2D eigenvalue weighted by molar-refractivity contribution is 6.09. The van der Waals surface area contributed by atoms with E-state index in [1.807, 2.05) is 73.7 Å². The number of primary amides is 1. The van der Waals surface area contributed by atoms with Crippen LogP contribution in [0, 0.1) is 11.8 Å². The van der Waals surface area contributed by atoms with Crippen molar-refractivity contribution in [3.05, 3.63) is 71.3 Å². The van der Waals surface area contributed by atoms with Gasteiger partial charge in [0.25, 0.3) is 0 Å².